The second kappa shape index (κ2) is 7.55. The van der Waals surface area contributed by atoms with Gasteiger partial charge in [0, 0.05) is 19.6 Å². The Morgan fingerprint density at radius 1 is 1.37 bits per heavy atom. The van der Waals surface area contributed by atoms with Gasteiger partial charge < -0.3 is 5.11 Å². The largest absolute Gasteiger partial charge is 0.481 e. The highest BCUT2D eigenvalue weighted by Gasteiger charge is 2.10. The van der Waals surface area contributed by atoms with E-state index in [2.05, 4.69) is 24.8 Å². The molecule has 0 saturated heterocycles. The first-order valence-corrected chi connectivity index (χ1v) is 6.44. The fourth-order valence-electron chi connectivity index (χ4n) is 1.95. The van der Waals surface area contributed by atoms with Crippen LogP contribution >= 0.6 is 0 Å². The SMILES string of the molecule is CC(C)CN(CCC(=O)O)Cc1ccc(C#N)cc1. The summed E-state index contributed by atoms with van der Waals surface area (Å²) in [6.45, 7) is 6.37. The van der Waals surface area contributed by atoms with Crippen LogP contribution in [0.15, 0.2) is 24.3 Å². The van der Waals surface area contributed by atoms with Crippen LogP contribution < -0.4 is 0 Å². The third kappa shape index (κ3) is 6.03. The van der Waals surface area contributed by atoms with Crippen molar-refractivity contribution in [3.8, 4) is 6.07 Å². The van der Waals surface area contributed by atoms with Gasteiger partial charge in [-0.25, -0.2) is 0 Å². The molecule has 4 heteroatoms. The van der Waals surface area contributed by atoms with Crippen LogP contribution in [0, 0.1) is 17.2 Å². The predicted molar refractivity (Wildman–Crippen MR) is 73.5 cm³/mol. The molecule has 0 fully saturated rings. The minimum absolute atomic E-state index is 0.156. The molecule has 0 aromatic heterocycles. The Kier molecular flexibility index (Phi) is 6.04. The van der Waals surface area contributed by atoms with Crippen LogP contribution in [0.3, 0.4) is 0 Å². The van der Waals surface area contributed by atoms with E-state index in [1.807, 2.05) is 12.1 Å². The topological polar surface area (TPSA) is 64.3 Å². The second-order valence-electron chi connectivity index (χ2n) is 5.08. The van der Waals surface area contributed by atoms with Gasteiger partial charge in [0.2, 0.25) is 0 Å². The number of benzene rings is 1. The van der Waals surface area contributed by atoms with Crippen LogP contribution in [0.4, 0.5) is 0 Å². The molecule has 0 unspecified atom stereocenters. The molecular formula is C15H20N2O2. The molecule has 0 aliphatic heterocycles. The van der Waals surface area contributed by atoms with Crippen LogP contribution in [-0.4, -0.2) is 29.1 Å². The summed E-state index contributed by atoms with van der Waals surface area (Å²) >= 11 is 0. The van der Waals surface area contributed by atoms with Gasteiger partial charge in [-0.2, -0.15) is 5.26 Å². The van der Waals surface area contributed by atoms with E-state index in [9.17, 15) is 4.79 Å². The van der Waals surface area contributed by atoms with Crippen molar-refractivity contribution in [1.82, 2.24) is 4.90 Å². The Bertz CT molecular complexity index is 446. The molecule has 0 atom stereocenters. The Hall–Kier alpha value is -1.86. The molecule has 0 heterocycles. The molecule has 19 heavy (non-hydrogen) atoms. The van der Waals surface area contributed by atoms with Gasteiger partial charge in [0.25, 0.3) is 0 Å². The van der Waals surface area contributed by atoms with Crippen molar-refractivity contribution >= 4 is 5.97 Å². The number of aliphatic carboxylic acids is 1. The van der Waals surface area contributed by atoms with Gasteiger partial charge in [0.05, 0.1) is 18.1 Å². The van der Waals surface area contributed by atoms with Gasteiger partial charge in [0.15, 0.2) is 0 Å². The van der Waals surface area contributed by atoms with E-state index in [1.165, 1.54) is 0 Å². The van der Waals surface area contributed by atoms with Gasteiger partial charge in [-0.05, 0) is 23.6 Å². The van der Waals surface area contributed by atoms with E-state index in [-0.39, 0.29) is 6.42 Å². The average molecular weight is 260 g/mol. The molecule has 0 spiro atoms. The van der Waals surface area contributed by atoms with Gasteiger partial charge in [0.1, 0.15) is 0 Å². The van der Waals surface area contributed by atoms with Crippen molar-refractivity contribution < 1.29 is 9.90 Å². The number of rotatable bonds is 7. The second-order valence-corrected chi connectivity index (χ2v) is 5.08. The van der Waals surface area contributed by atoms with Crippen molar-refractivity contribution in [2.75, 3.05) is 13.1 Å². The molecule has 1 rings (SSSR count). The van der Waals surface area contributed by atoms with Crippen LogP contribution in [0.5, 0.6) is 0 Å². The van der Waals surface area contributed by atoms with E-state index in [0.29, 0.717) is 18.0 Å². The number of nitrogens with zero attached hydrogens (tertiary/aromatic N) is 2. The summed E-state index contributed by atoms with van der Waals surface area (Å²) in [5.41, 5.74) is 1.75. The normalized spacial score (nSPS) is 10.7. The lowest BCUT2D eigenvalue weighted by atomic mass is 10.1. The summed E-state index contributed by atoms with van der Waals surface area (Å²) in [6.07, 6.45) is 0.156. The van der Waals surface area contributed by atoms with Gasteiger partial charge in [-0.15, -0.1) is 0 Å². The average Bonchev–Trinajstić information content (AvgIpc) is 2.36. The minimum atomic E-state index is -0.770. The maximum absolute atomic E-state index is 10.7. The number of nitriles is 1. The lowest BCUT2D eigenvalue weighted by Gasteiger charge is -2.23. The number of carbonyl (C=O) groups is 1. The van der Waals surface area contributed by atoms with Gasteiger partial charge in [-0.3, -0.25) is 9.69 Å². The van der Waals surface area contributed by atoms with Crippen molar-refractivity contribution in [2.24, 2.45) is 5.92 Å². The number of hydrogen-bond donors (Lipinski definition) is 1. The highest BCUT2D eigenvalue weighted by Crippen LogP contribution is 2.09. The zero-order valence-electron chi connectivity index (χ0n) is 11.5. The summed E-state index contributed by atoms with van der Waals surface area (Å²) in [5.74, 6) is -0.277. The van der Waals surface area contributed by atoms with E-state index < -0.39 is 5.97 Å². The number of hydrogen-bond acceptors (Lipinski definition) is 3. The third-order valence-electron chi connectivity index (χ3n) is 2.75. The third-order valence-corrected chi connectivity index (χ3v) is 2.75. The molecule has 4 nitrogen and oxygen atoms in total. The van der Waals surface area contributed by atoms with Crippen LogP contribution in [0.25, 0.3) is 0 Å². The van der Waals surface area contributed by atoms with Crippen molar-refractivity contribution in [1.29, 1.82) is 5.26 Å². The van der Waals surface area contributed by atoms with E-state index >= 15 is 0 Å². The molecule has 1 aromatic carbocycles. The summed E-state index contributed by atoms with van der Waals surface area (Å²) < 4.78 is 0. The van der Waals surface area contributed by atoms with Crippen LogP contribution in [0.1, 0.15) is 31.4 Å². The Morgan fingerprint density at radius 2 is 2.00 bits per heavy atom. The van der Waals surface area contributed by atoms with Crippen molar-refractivity contribution in [3.05, 3.63) is 35.4 Å². The first kappa shape index (κ1) is 15.2. The van der Waals surface area contributed by atoms with Crippen molar-refractivity contribution in [3.63, 3.8) is 0 Å². The molecule has 102 valence electrons. The Balaban J connectivity index is 2.64. The summed E-state index contributed by atoms with van der Waals surface area (Å²) in [4.78, 5) is 12.8. The van der Waals surface area contributed by atoms with Crippen LogP contribution in [0.2, 0.25) is 0 Å². The molecule has 0 bridgehead atoms. The number of carboxylic acids is 1. The Morgan fingerprint density at radius 3 is 2.47 bits per heavy atom. The van der Waals surface area contributed by atoms with E-state index in [0.717, 1.165) is 18.7 Å². The predicted octanol–water partition coefficient (Wildman–Crippen LogP) is 2.49. The fourth-order valence-corrected chi connectivity index (χ4v) is 1.95. The minimum Gasteiger partial charge on any atom is -0.481 e. The maximum Gasteiger partial charge on any atom is 0.304 e. The zero-order valence-corrected chi connectivity index (χ0v) is 11.5. The lowest BCUT2D eigenvalue weighted by molar-refractivity contribution is -0.137. The standard InChI is InChI=1S/C15H20N2O2/c1-12(2)10-17(8-7-15(18)19)11-14-5-3-13(9-16)4-6-14/h3-6,12H,7-8,10-11H2,1-2H3,(H,18,19). The summed E-state index contributed by atoms with van der Waals surface area (Å²) in [6, 6.07) is 9.52. The van der Waals surface area contributed by atoms with E-state index in [4.69, 9.17) is 10.4 Å². The smallest absolute Gasteiger partial charge is 0.304 e. The highest BCUT2D eigenvalue weighted by atomic mass is 16.4. The molecule has 0 amide bonds. The molecule has 1 aromatic rings. The summed E-state index contributed by atoms with van der Waals surface area (Å²) in [5, 5.41) is 17.5. The molecule has 0 aliphatic rings. The first-order chi connectivity index (χ1) is 9.01. The van der Waals surface area contributed by atoms with Gasteiger partial charge >= 0.3 is 5.97 Å². The zero-order chi connectivity index (χ0) is 14.3. The fraction of sp³-hybridized carbons (Fsp3) is 0.467. The van der Waals surface area contributed by atoms with E-state index in [1.54, 1.807) is 12.1 Å². The maximum atomic E-state index is 10.7. The molecular weight excluding hydrogens is 240 g/mol. The molecule has 0 radical (unpaired) electrons. The Labute approximate surface area is 114 Å². The molecule has 0 saturated carbocycles. The molecule has 1 N–H and O–H groups in total. The summed E-state index contributed by atoms with van der Waals surface area (Å²) in [7, 11) is 0. The van der Waals surface area contributed by atoms with Crippen molar-refractivity contribution in [2.45, 2.75) is 26.8 Å². The molecule has 0 aliphatic carbocycles. The quantitative estimate of drug-likeness (QED) is 0.818. The van der Waals surface area contributed by atoms with Crippen LogP contribution in [-0.2, 0) is 11.3 Å². The highest BCUT2D eigenvalue weighted by molar-refractivity contribution is 5.66. The monoisotopic (exact) mass is 260 g/mol. The first-order valence-electron chi connectivity index (χ1n) is 6.44. The lowest BCUT2D eigenvalue weighted by Crippen LogP contribution is -2.29. The van der Waals surface area contributed by atoms with Gasteiger partial charge in [-0.1, -0.05) is 26.0 Å². The number of carboxylic acid groups (broad SMARTS) is 1.